The Balaban J connectivity index is 0.00000288. The highest BCUT2D eigenvalue weighted by molar-refractivity contribution is 6.30. The van der Waals surface area contributed by atoms with E-state index in [1.54, 1.807) is 7.11 Å². The second kappa shape index (κ2) is 10.2. The summed E-state index contributed by atoms with van der Waals surface area (Å²) in [5.74, 6) is 0.0633. The number of hydrogen-bond donors (Lipinski definition) is 2. The van der Waals surface area contributed by atoms with Gasteiger partial charge in [0.05, 0.1) is 6.10 Å². The topological polar surface area (TPSA) is 64.3 Å². The van der Waals surface area contributed by atoms with Crippen molar-refractivity contribution in [1.82, 2.24) is 5.32 Å². The summed E-state index contributed by atoms with van der Waals surface area (Å²) in [6.07, 6.45) is 6.07. The lowest BCUT2D eigenvalue weighted by Gasteiger charge is -2.35. The lowest BCUT2D eigenvalue weighted by molar-refractivity contribution is -0.124. The number of carbonyl (C=O) groups excluding carboxylic acids is 1. The minimum atomic E-state index is -0.170. The van der Waals surface area contributed by atoms with Gasteiger partial charge in [-0.1, -0.05) is 43.0 Å². The molecule has 0 heterocycles. The number of amides is 1. The van der Waals surface area contributed by atoms with Gasteiger partial charge in [0, 0.05) is 25.1 Å². The highest BCUT2D eigenvalue weighted by Crippen LogP contribution is 2.38. The lowest BCUT2D eigenvalue weighted by atomic mass is 9.71. The van der Waals surface area contributed by atoms with Crippen LogP contribution in [0.4, 0.5) is 0 Å². The molecule has 1 unspecified atom stereocenters. The molecule has 1 saturated carbocycles. The Labute approximate surface area is 155 Å². The summed E-state index contributed by atoms with van der Waals surface area (Å²) >= 11 is 5.90. The summed E-state index contributed by atoms with van der Waals surface area (Å²) in [5, 5.41) is 3.69. The molecule has 1 atom stereocenters. The molecule has 1 aliphatic carbocycles. The third kappa shape index (κ3) is 5.92. The molecule has 0 spiro atoms. The van der Waals surface area contributed by atoms with Gasteiger partial charge >= 0.3 is 0 Å². The fourth-order valence-electron chi connectivity index (χ4n) is 3.38. The zero-order valence-corrected chi connectivity index (χ0v) is 15.8. The van der Waals surface area contributed by atoms with Gasteiger partial charge in [-0.3, -0.25) is 4.79 Å². The molecule has 1 amide bonds. The molecule has 0 radical (unpaired) electrons. The van der Waals surface area contributed by atoms with E-state index in [4.69, 9.17) is 22.1 Å². The summed E-state index contributed by atoms with van der Waals surface area (Å²) in [7, 11) is 1.65. The number of methoxy groups -OCH3 is 1. The maximum Gasteiger partial charge on any atom is 0.220 e. The summed E-state index contributed by atoms with van der Waals surface area (Å²) < 4.78 is 5.49. The number of ether oxygens (including phenoxy) is 1. The smallest absolute Gasteiger partial charge is 0.220 e. The fourth-order valence-corrected chi connectivity index (χ4v) is 3.51. The quantitative estimate of drug-likeness (QED) is 0.761. The molecular formula is C18H28Cl2N2O2. The molecular weight excluding hydrogens is 347 g/mol. The van der Waals surface area contributed by atoms with Crippen molar-refractivity contribution in [3.8, 4) is 0 Å². The molecule has 1 aromatic rings. The van der Waals surface area contributed by atoms with E-state index >= 15 is 0 Å². The van der Waals surface area contributed by atoms with Gasteiger partial charge in [-0.25, -0.2) is 0 Å². The molecule has 0 bridgehead atoms. The molecule has 4 nitrogen and oxygen atoms in total. The van der Waals surface area contributed by atoms with Crippen molar-refractivity contribution in [3.05, 3.63) is 34.9 Å². The Bertz CT molecular complexity index is 502. The maximum atomic E-state index is 12.3. The van der Waals surface area contributed by atoms with Crippen LogP contribution in [0.15, 0.2) is 24.3 Å². The summed E-state index contributed by atoms with van der Waals surface area (Å²) in [6.45, 7) is 1.04. The highest BCUT2D eigenvalue weighted by Gasteiger charge is 2.33. The largest absolute Gasteiger partial charge is 0.375 e. The number of benzene rings is 1. The number of carbonyl (C=O) groups is 1. The van der Waals surface area contributed by atoms with E-state index in [1.165, 1.54) is 19.3 Å². The van der Waals surface area contributed by atoms with Crippen molar-refractivity contribution in [2.75, 3.05) is 20.2 Å². The van der Waals surface area contributed by atoms with Crippen molar-refractivity contribution in [2.24, 2.45) is 11.1 Å². The fraction of sp³-hybridized carbons (Fsp3) is 0.611. The SMILES string of the molecule is COC(CNC(=O)CC1(CN)CCCCC1)c1ccc(Cl)cc1.Cl. The molecule has 1 fully saturated rings. The second-order valence-electron chi connectivity index (χ2n) is 6.52. The van der Waals surface area contributed by atoms with E-state index in [0.717, 1.165) is 18.4 Å². The third-order valence-corrected chi connectivity index (χ3v) is 5.15. The van der Waals surface area contributed by atoms with Crippen molar-refractivity contribution < 1.29 is 9.53 Å². The van der Waals surface area contributed by atoms with Gasteiger partial charge in [0.1, 0.15) is 0 Å². The molecule has 0 aliphatic heterocycles. The minimum absolute atomic E-state index is 0. The van der Waals surface area contributed by atoms with Crippen molar-refractivity contribution in [1.29, 1.82) is 0 Å². The highest BCUT2D eigenvalue weighted by atomic mass is 35.5. The Hall–Kier alpha value is -0.810. The normalized spacial score (nSPS) is 17.6. The van der Waals surface area contributed by atoms with Crippen LogP contribution in [0.3, 0.4) is 0 Å². The predicted molar refractivity (Wildman–Crippen MR) is 101 cm³/mol. The standard InChI is InChI=1S/C18H27ClN2O2.ClH/c1-23-16(14-5-7-15(19)8-6-14)12-21-17(22)11-18(13-20)9-3-2-4-10-18;/h5-8,16H,2-4,9-13,20H2,1H3,(H,21,22);1H. The second-order valence-corrected chi connectivity index (χ2v) is 6.96. The van der Waals surface area contributed by atoms with Crippen LogP contribution in [-0.2, 0) is 9.53 Å². The van der Waals surface area contributed by atoms with Gasteiger partial charge in [0.2, 0.25) is 5.91 Å². The van der Waals surface area contributed by atoms with Gasteiger partial charge in [0.15, 0.2) is 0 Å². The van der Waals surface area contributed by atoms with Crippen LogP contribution in [0, 0.1) is 5.41 Å². The van der Waals surface area contributed by atoms with Gasteiger partial charge < -0.3 is 15.8 Å². The monoisotopic (exact) mass is 374 g/mol. The number of nitrogens with one attached hydrogen (secondary N) is 1. The predicted octanol–water partition coefficient (Wildman–Crippen LogP) is 3.86. The molecule has 2 rings (SSSR count). The first-order valence-corrected chi connectivity index (χ1v) is 8.71. The van der Waals surface area contributed by atoms with Crippen LogP contribution < -0.4 is 11.1 Å². The van der Waals surface area contributed by atoms with Crippen molar-refractivity contribution in [3.63, 3.8) is 0 Å². The van der Waals surface area contributed by atoms with E-state index in [0.29, 0.717) is 24.5 Å². The van der Waals surface area contributed by atoms with Gasteiger partial charge in [-0.05, 0) is 42.5 Å². The number of hydrogen-bond acceptors (Lipinski definition) is 3. The van der Waals surface area contributed by atoms with Crippen LogP contribution in [0.5, 0.6) is 0 Å². The van der Waals surface area contributed by atoms with E-state index in [9.17, 15) is 4.79 Å². The van der Waals surface area contributed by atoms with E-state index < -0.39 is 0 Å². The van der Waals surface area contributed by atoms with Gasteiger partial charge in [-0.15, -0.1) is 12.4 Å². The Kier molecular flexibility index (Phi) is 9.06. The number of halogens is 2. The average Bonchev–Trinajstić information content (AvgIpc) is 2.57. The number of nitrogens with two attached hydrogens (primary N) is 1. The summed E-state index contributed by atoms with van der Waals surface area (Å²) in [6, 6.07) is 7.50. The average molecular weight is 375 g/mol. The Morgan fingerprint density at radius 3 is 2.46 bits per heavy atom. The van der Waals surface area contributed by atoms with Gasteiger partial charge in [0.25, 0.3) is 0 Å². The summed E-state index contributed by atoms with van der Waals surface area (Å²) in [4.78, 5) is 12.3. The first kappa shape index (κ1) is 21.2. The number of rotatable bonds is 7. The van der Waals surface area contributed by atoms with E-state index in [1.807, 2.05) is 24.3 Å². The molecule has 1 aliphatic rings. The van der Waals surface area contributed by atoms with Crippen LogP contribution in [-0.4, -0.2) is 26.1 Å². The molecule has 1 aromatic carbocycles. The Morgan fingerprint density at radius 2 is 1.92 bits per heavy atom. The lowest BCUT2D eigenvalue weighted by Crippen LogP contribution is -2.39. The molecule has 3 N–H and O–H groups in total. The zero-order valence-electron chi connectivity index (χ0n) is 14.2. The minimum Gasteiger partial charge on any atom is -0.375 e. The van der Waals surface area contributed by atoms with Crippen LogP contribution >= 0.6 is 24.0 Å². The van der Waals surface area contributed by atoms with Crippen LogP contribution in [0.2, 0.25) is 5.02 Å². The first-order chi connectivity index (χ1) is 11.1. The molecule has 0 saturated heterocycles. The molecule has 0 aromatic heterocycles. The molecule has 24 heavy (non-hydrogen) atoms. The first-order valence-electron chi connectivity index (χ1n) is 8.33. The molecule has 136 valence electrons. The third-order valence-electron chi connectivity index (χ3n) is 4.89. The van der Waals surface area contributed by atoms with Gasteiger partial charge in [-0.2, -0.15) is 0 Å². The zero-order chi connectivity index (χ0) is 16.7. The Morgan fingerprint density at radius 1 is 1.29 bits per heavy atom. The summed E-state index contributed by atoms with van der Waals surface area (Å²) in [5.41, 5.74) is 6.95. The molecule has 6 heteroatoms. The van der Waals surface area contributed by atoms with Crippen molar-refractivity contribution in [2.45, 2.75) is 44.6 Å². The maximum absolute atomic E-state index is 12.3. The van der Waals surface area contributed by atoms with Crippen molar-refractivity contribution >= 4 is 29.9 Å². The van der Waals surface area contributed by atoms with E-state index in [-0.39, 0.29) is 29.8 Å². The van der Waals surface area contributed by atoms with Crippen LogP contribution in [0.1, 0.15) is 50.2 Å². The van der Waals surface area contributed by atoms with Crippen LogP contribution in [0.25, 0.3) is 0 Å². The van der Waals surface area contributed by atoms with E-state index in [2.05, 4.69) is 5.32 Å².